The number of nitrogens with zero attached hydrogens (tertiary/aromatic N) is 1. The molecule has 0 N–H and O–H groups in total. The average Bonchev–Trinajstić information content (AvgIpc) is 2.94. The predicted molar refractivity (Wildman–Crippen MR) is 114 cm³/mol. The van der Waals surface area contributed by atoms with Gasteiger partial charge in [0.25, 0.3) is 0 Å². The summed E-state index contributed by atoms with van der Waals surface area (Å²) in [6.07, 6.45) is 1.68. The van der Waals surface area contributed by atoms with Crippen LogP contribution in [0.4, 0.5) is 0 Å². The Kier molecular flexibility index (Phi) is 7.66. The summed E-state index contributed by atoms with van der Waals surface area (Å²) in [6, 6.07) is 9.29. The number of fused-ring (bicyclic) bond motifs is 3. The molecule has 1 saturated heterocycles. The molecule has 0 radical (unpaired) electrons. The molecule has 1 aliphatic carbocycles. The van der Waals surface area contributed by atoms with Crippen molar-refractivity contribution in [2.45, 2.75) is 38.6 Å². The number of methoxy groups -OCH3 is 1. The van der Waals surface area contributed by atoms with Crippen molar-refractivity contribution in [1.29, 1.82) is 0 Å². The van der Waals surface area contributed by atoms with Crippen molar-refractivity contribution < 1.29 is 33.4 Å². The van der Waals surface area contributed by atoms with Gasteiger partial charge in [-0.3, -0.25) is 19.2 Å². The molecule has 1 aromatic carbocycles. The van der Waals surface area contributed by atoms with Crippen molar-refractivity contribution in [2.24, 2.45) is 11.8 Å². The van der Waals surface area contributed by atoms with Crippen LogP contribution in [0.25, 0.3) is 0 Å². The molecule has 1 aromatic rings. The van der Waals surface area contributed by atoms with Gasteiger partial charge in [-0.15, -0.1) is 0 Å². The highest BCUT2D eigenvalue weighted by Crippen LogP contribution is 2.45. The number of esters is 2. The van der Waals surface area contributed by atoms with Crippen molar-refractivity contribution >= 4 is 23.6 Å². The van der Waals surface area contributed by atoms with Gasteiger partial charge >= 0.3 is 11.9 Å². The third-order valence-electron chi connectivity index (χ3n) is 6.03. The summed E-state index contributed by atoms with van der Waals surface area (Å²) in [4.78, 5) is 51.3. The number of ketones is 1. The minimum absolute atomic E-state index is 0.0111. The maximum Gasteiger partial charge on any atom is 0.317 e. The van der Waals surface area contributed by atoms with E-state index in [1.165, 1.54) is 7.11 Å². The van der Waals surface area contributed by atoms with E-state index in [2.05, 4.69) is 0 Å². The van der Waals surface area contributed by atoms with Crippen molar-refractivity contribution in [3.05, 3.63) is 47.7 Å². The normalized spacial score (nSPS) is 24.6. The summed E-state index contributed by atoms with van der Waals surface area (Å²) in [6.45, 7) is 4.27. The van der Waals surface area contributed by atoms with Gasteiger partial charge in [0.05, 0.1) is 26.4 Å². The van der Waals surface area contributed by atoms with Gasteiger partial charge in [0.1, 0.15) is 12.3 Å². The van der Waals surface area contributed by atoms with Gasteiger partial charge in [-0.1, -0.05) is 37.3 Å². The number of allylic oxidation sites excluding steroid dienone is 1. The first-order chi connectivity index (χ1) is 15.4. The van der Waals surface area contributed by atoms with Gasteiger partial charge in [-0.2, -0.15) is 0 Å². The highest BCUT2D eigenvalue weighted by atomic mass is 16.6. The topological polar surface area (TPSA) is 99.2 Å². The fourth-order valence-corrected chi connectivity index (χ4v) is 4.59. The Morgan fingerprint density at radius 2 is 1.75 bits per heavy atom. The molecule has 0 saturated carbocycles. The van der Waals surface area contributed by atoms with E-state index in [1.807, 2.05) is 37.3 Å². The van der Waals surface area contributed by atoms with Crippen LogP contribution in [-0.4, -0.2) is 61.4 Å². The maximum absolute atomic E-state index is 13.4. The molecule has 2 heterocycles. The lowest BCUT2D eigenvalue weighted by atomic mass is 9.70. The molecule has 4 rings (SSSR count). The molecular weight excluding hydrogens is 414 g/mol. The van der Waals surface area contributed by atoms with E-state index in [0.717, 1.165) is 5.56 Å². The number of carbonyl (C=O) groups is 4. The first-order valence-corrected chi connectivity index (χ1v) is 10.9. The Labute approximate surface area is 187 Å². The van der Waals surface area contributed by atoms with Crippen molar-refractivity contribution in [1.82, 2.24) is 4.90 Å². The first kappa shape index (κ1) is 23.5. The number of carbonyl (C=O) groups excluding carboxylic acids is 4. The zero-order valence-electron chi connectivity index (χ0n) is 18.6. The van der Waals surface area contributed by atoms with E-state index in [9.17, 15) is 19.2 Å². The summed E-state index contributed by atoms with van der Waals surface area (Å²) >= 11 is 0. The van der Waals surface area contributed by atoms with Crippen LogP contribution in [0.5, 0.6) is 0 Å². The molecule has 4 atom stereocenters. The monoisotopic (exact) mass is 443 g/mol. The number of rotatable bonds is 9. The molecule has 3 aliphatic rings. The minimum atomic E-state index is -0.858. The van der Waals surface area contributed by atoms with Crippen molar-refractivity contribution in [2.75, 3.05) is 26.9 Å². The summed E-state index contributed by atoms with van der Waals surface area (Å²) in [5.41, 5.74) is 0.954. The average molecular weight is 443 g/mol. The molecule has 1 amide bonds. The highest BCUT2D eigenvalue weighted by molar-refractivity contribution is 6.11. The molecule has 2 bridgehead atoms. The zero-order chi connectivity index (χ0) is 23.3. The number of hydrogen-bond acceptors (Lipinski definition) is 7. The molecule has 172 valence electrons. The van der Waals surface area contributed by atoms with Crippen LogP contribution >= 0.6 is 0 Å². The third kappa shape index (κ3) is 4.84. The number of amides is 1. The van der Waals surface area contributed by atoms with Crippen LogP contribution in [-0.2, 0) is 33.4 Å². The molecule has 0 spiro atoms. The predicted octanol–water partition coefficient (Wildman–Crippen LogP) is 2.23. The van der Waals surface area contributed by atoms with E-state index >= 15 is 0 Å². The highest BCUT2D eigenvalue weighted by Gasteiger charge is 2.53. The lowest BCUT2D eigenvalue weighted by molar-refractivity contribution is -0.154. The summed E-state index contributed by atoms with van der Waals surface area (Å²) in [7, 11) is 1.44. The summed E-state index contributed by atoms with van der Waals surface area (Å²) in [5.74, 6) is -2.75. The van der Waals surface area contributed by atoms with Crippen molar-refractivity contribution in [3.63, 3.8) is 0 Å². The maximum atomic E-state index is 13.4. The van der Waals surface area contributed by atoms with Crippen LogP contribution in [0.1, 0.15) is 38.2 Å². The van der Waals surface area contributed by atoms with Gasteiger partial charge < -0.3 is 19.1 Å². The quantitative estimate of drug-likeness (QED) is 0.328. The van der Waals surface area contributed by atoms with Crippen LogP contribution in [0.2, 0.25) is 0 Å². The van der Waals surface area contributed by atoms with Gasteiger partial charge in [0, 0.05) is 12.5 Å². The van der Waals surface area contributed by atoms with E-state index in [4.69, 9.17) is 14.2 Å². The van der Waals surface area contributed by atoms with E-state index < -0.39 is 24.3 Å². The van der Waals surface area contributed by atoms with E-state index in [-0.39, 0.29) is 48.5 Å². The molecule has 32 heavy (non-hydrogen) atoms. The number of piperidine rings is 1. The number of Topliss-reactive ketones (excluding diaryl/α,β-unsaturated/α-hetero) is 1. The Morgan fingerprint density at radius 3 is 2.41 bits per heavy atom. The zero-order valence-corrected chi connectivity index (χ0v) is 18.6. The fourth-order valence-electron chi connectivity index (χ4n) is 4.59. The Balaban J connectivity index is 1.70. The molecule has 8 nitrogen and oxygen atoms in total. The molecule has 1 fully saturated rings. The van der Waals surface area contributed by atoms with Crippen LogP contribution in [0.3, 0.4) is 0 Å². The number of ether oxygens (including phenoxy) is 3. The standard InChI is InChI=1S/C24H29NO7/c1-4-31-19(26)14-20(27)32-12-8-11-25-17-13-18(30-3)23(28)22(24(25)29)21(15(17)2)16-9-6-5-7-10-16/h5-7,9-10,13,15,17,21-22H,4,8,11-12,14H2,1-3H3/t15-,17-,21-,22-/m0/s1. The number of benzene rings is 1. The largest absolute Gasteiger partial charge is 0.493 e. The lowest BCUT2D eigenvalue weighted by Crippen LogP contribution is -2.55. The molecule has 2 aliphatic heterocycles. The molecule has 0 unspecified atom stereocenters. The van der Waals surface area contributed by atoms with E-state index in [0.29, 0.717) is 13.0 Å². The second-order valence-electron chi connectivity index (χ2n) is 7.95. The minimum Gasteiger partial charge on any atom is -0.493 e. The van der Waals surface area contributed by atoms with Gasteiger partial charge in [0.15, 0.2) is 5.76 Å². The fraction of sp³-hybridized carbons (Fsp3) is 0.500. The Bertz CT molecular complexity index is 895. The smallest absolute Gasteiger partial charge is 0.317 e. The molecule has 8 heteroatoms. The summed E-state index contributed by atoms with van der Waals surface area (Å²) in [5, 5.41) is 0. The summed E-state index contributed by atoms with van der Waals surface area (Å²) < 4.78 is 15.1. The number of hydrogen-bond donors (Lipinski definition) is 0. The Hall–Kier alpha value is -3.16. The molecule has 0 aromatic heterocycles. The van der Waals surface area contributed by atoms with Crippen LogP contribution in [0.15, 0.2) is 42.2 Å². The van der Waals surface area contributed by atoms with Gasteiger partial charge in [0.2, 0.25) is 11.7 Å². The Morgan fingerprint density at radius 1 is 1.06 bits per heavy atom. The second-order valence-corrected chi connectivity index (χ2v) is 7.95. The SMILES string of the molecule is CCOC(=O)CC(=O)OCCCN1C(=O)[C@@H]2C(=O)C(OC)=C[C@H]1[C@H](C)[C@H]2c1ccccc1. The van der Waals surface area contributed by atoms with Crippen LogP contribution < -0.4 is 0 Å². The lowest BCUT2D eigenvalue weighted by Gasteiger charge is -2.44. The van der Waals surface area contributed by atoms with Crippen LogP contribution in [0, 0.1) is 11.8 Å². The van der Waals surface area contributed by atoms with Gasteiger partial charge in [-0.25, -0.2) is 0 Å². The van der Waals surface area contributed by atoms with Crippen molar-refractivity contribution in [3.8, 4) is 0 Å². The molecular formula is C24H29NO7. The van der Waals surface area contributed by atoms with E-state index in [1.54, 1.807) is 17.9 Å². The third-order valence-corrected chi connectivity index (χ3v) is 6.03. The first-order valence-electron chi connectivity index (χ1n) is 10.9. The second kappa shape index (κ2) is 10.4. The van der Waals surface area contributed by atoms with Gasteiger partial charge in [-0.05, 0) is 30.9 Å².